The Morgan fingerprint density at radius 3 is 2.11 bits per heavy atom. The molecular formula is C34H27Br3N2O5. The van der Waals surface area contributed by atoms with Gasteiger partial charge in [-0.2, -0.15) is 0 Å². The zero-order valence-corrected chi connectivity index (χ0v) is 28.6. The molecule has 1 aliphatic heterocycles. The third-order valence-corrected chi connectivity index (χ3v) is 11.5. The maximum atomic E-state index is 13.4. The van der Waals surface area contributed by atoms with Crippen LogP contribution >= 0.6 is 47.8 Å². The van der Waals surface area contributed by atoms with Gasteiger partial charge >= 0.3 is 5.97 Å². The summed E-state index contributed by atoms with van der Waals surface area (Å²) < 4.78 is 6.29. The summed E-state index contributed by atoms with van der Waals surface area (Å²) in [4.78, 5) is 59.1. The van der Waals surface area contributed by atoms with Gasteiger partial charge in [0.2, 0.25) is 11.8 Å². The first-order valence-corrected chi connectivity index (χ1v) is 16.8. The van der Waals surface area contributed by atoms with Gasteiger partial charge in [0.1, 0.15) is 0 Å². The average molecular weight is 783 g/mol. The van der Waals surface area contributed by atoms with Gasteiger partial charge in [0, 0.05) is 30.6 Å². The van der Waals surface area contributed by atoms with Crippen LogP contribution in [-0.2, 0) is 14.3 Å². The fourth-order valence-electron chi connectivity index (χ4n) is 5.94. The van der Waals surface area contributed by atoms with E-state index in [1.807, 2.05) is 32.0 Å². The SMILES string of the molecule is Cc1ccc(C(=O)COC(=O)c2cc(-c3ccc(N4C(=O)C5CC(Br)C(Br)CC5C4=O)cc3)nc3c(C)cc(Br)cc23)cc1. The van der Waals surface area contributed by atoms with E-state index in [2.05, 4.69) is 47.8 Å². The topological polar surface area (TPSA) is 93.6 Å². The van der Waals surface area contributed by atoms with E-state index in [0.717, 1.165) is 15.6 Å². The van der Waals surface area contributed by atoms with Gasteiger partial charge in [0.25, 0.3) is 0 Å². The average Bonchev–Trinajstić information content (AvgIpc) is 3.24. The number of ether oxygens (including phenoxy) is 1. The lowest BCUT2D eigenvalue weighted by Crippen LogP contribution is -2.34. The first-order chi connectivity index (χ1) is 21.0. The van der Waals surface area contributed by atoms with Gasteiger partial charge in [-0.25, -0.2) is 9.78 Å². The number of nitrogens with zero attached hydrogens (tertiary/aromatic N) is 2. The van der Waals surface area contributed by atoms with E-state index in [9.17, 15) is 19.2 Å². The number of benzene rings is 3. The van der Waals surface area contributed by atoms with Crippen LogP contribution in [0.1, 0.15) is 44.7 Å². The number of aryl methyl sites for hydroxylation is 2. The van der Waals surface area contributed by atoms with Crippen molar-refractivity contribution in [3.8, 4) is 11.3 Å². The van der Waals surface area contributed by atoms with Crippen molar-refractivity contribution in [3.05, 3.63) is 93.5 Å². The molecule has 0 spiro atoms. The number of pyridine rings is 1. The van der Waals surface area contributed by atoms with E-state index < -0.39 is 12.6 Å². The predicted molar refractivity (Wildman–Crippen MR) is 180 cm³/mol. The molecule has 2 amide bonds. The van der Waals surface area contributed by atoms with Crippen molar-refractivity contribution < 1.29 is 23.9 Å². The number of carbonyl (C=O) groups is 4. The van der Waals surface area contributed by atoms with E-state index in [4.69, 9.17) is 9.72 Å². The molecule has 10 heteroatoms. The van der Waals surface area contributed by atoms with Crippen LogP contribution < -0.4 is 4.90 Å². The highest BCUT2D eigenvalue weighted by Gasteiger charge is 2.52. The van der Waals surface area contributed by atoms with Crippen LogP contribution in [0.15, 0.2) is 71.2 Å². The number of aromatic nitrogens is 1. The Morgan fingerprint density at radius 2 is 1.50 bits per heavy atom. The molecule has 4 atom stereocenters. The van der Waals surface area contributed by atoms with Crippen LogP contribution in [0.3, 0.4) is 0 Å². The summed E-state index contributed by atoms with van der Waals surface area (Å²) in [6.07, 6.45) is 1.21. The van der Waals surface area contributed by atoms with Gasteiger partial charge in [-0.1, -0.05) is 89.8 Å². The minimum atomic E-state index is -0.640. The fourth-order valence-corrected chi connectivity index (χ4v) is 7.75. The lowest BCUT2D eigenvalue weighted by molar-refractivity contribution is -0.122. The maximum Gasteiger partial charge on any atom is 0.339 e. The minimum absolute atomic E-state index is 0.132. The van der Waals surface area contributed by atoms with Crippen LogP contribution in [0.25, 0.3) is 22.2 Å². The number of alkyl halides is 2. The van der Waals surface area contributed by atoms with Crippen molar-refractivity contribution in [1.82, 2.24) is 4.98 Å². The monoisotopic (exact) mass is 780 g/mol. The Bertz CT molecular complexity index is 1800. The number of anilines is 1. The summed E-state index contributed by atoms with van der Waals surface area (Å²) in [5, 5.41) is 0.594. The van der Waals surface area contributed by atoms with E-state index >= 15 is 0 Å². The second-order valence-electron chi connectivity index (χ2n) is 11.3. The summed E-state index contributed by atoms with van der Waals surface area (Å²) >= 11 is 10.8. The summed E-state index contributed by atoms with van der Waals surface area (Å²) in [5.41, 5.74) is 4.96. The maximum absolute atomic E-state index is 13.4. The molecule has 44 heavy (non-hydrogen) atoms. The quantitative estimate of drug-likeness (QED) is 0.0860. The molecule has 1 saturated heterocycles. The van der Waals surface area contributed by atoms with Gasteiger partial charge in [0.05, 0.1) is 34.3 Å². The Balaban J connectivity index is 1.30. The van der Waals surface area contributed by atoms with Crippen LogP contribution in [0.2, 0.25) is 0 Å². The molecule has 2 fully saturated rings. The normalized spacial score (nSPS) is 21.4. The minimum Gasteiger partial charge on any atom is -0.454 e. The highest BCUT2D eigenvalue weighted by atomic mass is 79.9. The van der Waals surface area contributed by atoms with E-state index in [1.54, 1.807) is 48.5 Å². The number of fused-ring (bicyclic) bond motifs is 2. The smallest absolute Gasteiger partial charge is 0.339 e. The molecule has 7 nitrogen and oxygen atoms in total. The number of ketones is 1. The third kappa shape index (κ3) is 5.79. The van der Waals surface area contributed by atoms with Crippen molar-refractivity contribution in [2.75, 3.05) is 11.5 Å². The Labute approximate surface area is 279 Å². The number of hydrogen-bond acceptors (Lipinski definition) is 6. The lowest BCUT2D eigenvalue weighted by Gasteiger charge is -2.29. The third-order valence-electron chi connectivity index (χ3n) is 8.33. The van der Waals surface area contributed by atoms with Gasteiger partial charge in [0.15, 0.2) is 12.4 Å². The van der Waals surface area contributed by atoms with Crippen LogP contribution in [0.4, 0.5) is 5.69 Å². The molecular weight excluding hydrogens is 756 g/mol. The summed E-state index contributed by atoms with van der Waals surface area (Å²) in [6.45, 7) is 3.44. The van der Waals surface area contributed by atoms with Crippen molar-refractivity contribution >= 4 is 87.9 Å². The molecule has 2 heterocycles. The largest absolute Gasteiger partial charge is 0.454 e. The first kappa shape index (κ1) is 30.8. The molecule has 3 aromatic carbocycles. The van der Waals surface area contributed by atoms with Crippen LogP contribution in [-0.4, -0.2) is 44.8 Å². The number of imide groups is 1. The number of Topliss-reactive ketones (excluding diaryl/α,β-unsaturated/α-hetero) is 1. The first-order valence-electron chi connectivity index (χ1n) is 14.2. The Morgan fingerprint density at radius 1 is 0.886 bits per heavy atom. The van der Waals surface area contributed by atoms with E-state index in [1.165, 1.54) is 4.90 Å². The molecule has 1 saturated carbocycles. The van der Waals surface area contributed by atoms with E-state index in [-0.39, 0.29) is 44.7 Å². The predicted octanol–water partition coefficient (Wildman–Crippen LogP) is 7.75. The van der Waals surface area contributed by atoms with Crippen molar-refractivity contribution in [3.63, 3.8) is 0 Å². The molecule has 4 unspecified atom stereocenters. The second-order valence-corrected chi connectivity index (χ2v) is 14.6. The Hall–Kier alpha value is -3.21. The molecule has 0 N–H and O–H groups in total. The molecule has 224 valence electrons. The summed E-state index contributed by atoms with van der Waals surface area (Å²) in [6, 6.07) is 19.5. The Kier molecular flexibility index (Phi) is 8.60. The fraction of sp³-hybridized carbons (Fsp3) is 0.265. The molecule has 0 radical (unpaired) electrons. The van der Waals surface area contributed by atoms with Crippen molar-refractivity contribution in [2.45, 2.75) is 36.3 Å². The number of amides is 2. The summed E-state index contributed by atoms with van der Waals surface area (Å²) in [7, 11) is 0. The highest BCUT2D eigenvalue weighted by Crippen LogP contribution is 2.44. The van der Waals surface area contributed by atoms with Crippen LogP contribution in [0, 0.1) is 25.7 Å². The standard InChI is InChI=1S/C34H27Br3N2O5/c1-17-3-5-20(6-4-17)30(40)16-44-34(43)26-15-29(38-31-18(2)11-21(35)12-23(26)31)19-7-9-22(10-8-19)39-32(41)24-13-27(36)28(37)14-25(24)33(39)42/h3-12,15,24-25,27-28H,13-14,16H2,1-2H3. The zero-order valence-electron chi connectivity index (χ0n) is 23.9. The molecule has 2 aliphatic rings. The van der Waals surface area contributed by atoms with Gasteiger partial charge < -0.3 is 4.74 Å². The van der Waals surface area contributed by atoms with Gasteiger partial charge in [-0.3, -0.25) is 19.3 Å². The number of carbonyl (C=O) groups excluding carboxylic acids is 4. The highest BCUT2D eigenvalue weighted by molar-refractivity contribution is 9.12. The van der Waals surface area contributed by atoms with Gasteiger partial charge in [-0.05, 0) is 62.6 Å². The number of hydrogen-bond donors (Lipinski definition) is 0. The molecule has 1 aromatic heterocycles. The van der Waals surface area contributed by atoms with Crippen molar-refractivity contribution in [2.24, 2.45) is 11.8 Å². The zero-order chi connectivity index (χ0) is 31.3. The van der Waals surface area contributed by atoms with Crippen LogP contribution in [0.5, 0.6) is 0 Å². The van der Waals surface area contributed by atoms with Crippen molar-refractivity contribution in [1.29, 1.82) is 0 Å². The second kappa shape index (κ2) is 12.3. The summed E-state index contributed by atoms with van der Waals surface area (Å²) in [5.74, 6) is -1.96. The molecule has 0 bridgehead atoms. The van der Waals surface area contributed by atoms with Gasteiger partial charge in [-0.15, -0.1) is 0 Å². The molecule has 6 rings (SSSR count). The number of rotatable bonds is 6. The lowest BCUT2D eigenvalue weighted by atomic mass is 9.81. The number of halogens is 3. The molecule has 1 aliphatic carbocycles. The number of esters is 1. The molecule has 4 aromatic rings. The van der Waals surface area contributed by atoms with E-state index in [0.29, 0.717) is 46.3 Å².